The summed E-state index contributed by atoms with van der Waals surface area (Å²) >= 11 is 0. The predicted molar refractivity (Wildman–Crippen MR) is 55.7 cm³/mol. The van der Waals surface area contributed by atoms with Crippen LogP contribution in [0.5, 0.6) is 0 Å². The van der Waals surface area contributed by atoms with Gasteiger partial charge in [-0.15, -0.1) is 0 Å². The molecule has 1 rings (SSSR count). The van der Waals surface area contributed by atoms with Crippen molar-refractivity contribution in [3.05, 3.63) is 29.6 Å². The standard InChI is InChI=1S/C11H18N2/c1-9-5-4-8-13-10(9)11(2,3)6-7-12/h4-5,8H,6-7,12H2,1-3H3. The van der Waals surface area contributed by atoms with Crippen LogP contribution >= 0.6 is 0 Å². The number of aryl methyl sites for hydroxylation is 1. The Labute approximate surface area is 80.2 Å². The molecular weight excluding hydrogens is 160 g/mol. The average molecular weight is 178 g/mol. The third kappa shape index (κ3) is 2.28. The van der Waals surface area contributed by atoms with Gasteiger partial charge in [-0.1, -0.05) is 19.9 Å². The summed E-state index contributed by atoms with van der Waals surface area (Å²) in [5, 5.41) is 0. The van der Waals surface area contributed by atoms with E-state index in [2.05, 4.69) is 31.8 Å². The number of rotatable bonds is 3. The minimum Gasteiger partial charge on any atom is -0.330 e. The Kier molecular flexibility index (Phi) is 3.04. The fourth-order valence-electron chi connectivity index (χ4n) is 1.67. The van der Waals surface area contributed by atoms with Gasteiger partial charge in [-0.05, 0) is 31.5 Å². The molecule has 0 saturated carbocycles. The Morgan fingerprint density at radius 1 is 1.46 bits per heavy atom. The van der Waals surface area contributed by atoms with Gasteiger partial charge in [0.1, 0.15) is 0 Å². The fourth-order valence-corrected chi connectivity index (χ4v) is 1.67. The first kappa shape index (κ1) is 10.2. The lowest BCUT2D eigenvalue weighted by Crippen LogP contribution is -2.24. The first-order chi connectivity index (χ1) is 6.08. The summed E-state index contributed by atoms with van der Waals surface area (Å²) in [4.78, 5) is 4.41. The Morgan fingerprint density at radius 3 is 2.69 bits per heavy atom. The zero-order chi connectivity index (χ0) is 9.90. The van der Waals surface area contributed by atoms with Crippen molar-refractivity contribution >= 4 is 0 Å². The third-order valence-corrected chi connectivity index (χ3v) is 2.42. The molecule has 0 fully saturated rings. The van der Waals surface area contributed by atoms with E-state index in [1.165, 1.54) is 11.3 Å². The second-order valence-corrected chi connectivity index (χ2v) is 4.09. The van der Waals surface area contributed by atoms with Gasteiger partial charge in [-0.2, -0.15) is 0 Å². The minimum atomic E-state index is 0.0973. The number of hydrogen-bond acceptors (Lipinski definition) is 2. The number of hydrogen-bond donors (Lipinski definition) is 1. The summed E-state index contributed by atoms with van der Waals surface area (Å²) < 4.78 is 0. The largest absolute Gasteiger partial charge is 0.330 e. The monoisotopic (exact) mass is 178 g/mol. The third-order valence-electron chi connectivity index (χ3n) is 2.42. The molecule has 13 heavy (non-hydrogen) atoms. The van der Waals surface area contributed by atoms with Gasteiger partial charge in [-0.3, -0.25) is 4.98 Å². The number of nitrogens with zero attached hydrogens (tertiary/aromatic N) is 1. The van der Waals surface area contributed by atoms with E-state index in [-0.39, 0.29) is 5.41 Å². The molecule has 0 spiro atoms. The van der Waals surface area contributed by atoms with Crippen molar-refractivity contribution in [2.24, 2.45) is 5.73 Å². The van der Waals surface area contributed by atoms with Crippen LogP contribution in [-0.2, 0) is 5.41 Å². The van der Waals surface area contributed by atoms with E-state index in [1.807, 2.05) is 12.3 Å². The van der Waals surface area contributed by atoms with Gasteiger partial charge in [-0.25, -0.2) is 0 Å². The first-order valence-electron chi connectivity index (χ1n) is 4.70. The second-order valence-electron chi connectivity index (χ2n) is 4.09. The van der Waals surface area contributed by atoms with Crippen molar-refractivity contribution in [2.45, 2.75) is 32.6 Å². The summed E-state index contributed by atoms with van der Waals surface area (Å²) in [6.07, 6.45) is 2.82. The van der Waals surface area contributed by atoms with Gasteiger partial charge < -0.3 is 5.73 Å². The fraction of sp³-hybridized carbons (Fsp3) is 0.545. The predicted octanol–water partition coefficient (Wildman–Crippen LogP) is 2.02. The van der Waals surface area contributed by atoms with E-state index in [4.69, 9.17) is 5.73 Å². The summed E-state index contributed by atoms with van der Waals surface area (Å²) in [5.41, 5.74) is 8.09. The van der Waals surface area contributed by atoms with E-state index in [0.29, 0.717) is 6.54 Å². The Morgan fingerprint density at radius 2 is 2.15 bits per heavy atom. The van der Waals surface area contributed by atoms with Crippen molar-refractivity contribution in [1.82, 2.24) is 4.98 Å². The maximum atomic E-state index is 5.57. The molecule has 0 saturated heterocycles. The Bertz CT molecular complexity index is 279. The molecule has 0 bridgehead atoms. The number of pyridine rings is 1. The van der Waals surface area contributed by atoms with Crippen LogP contribution in [0.1, 0.15) is 31.5 Å². The van der Waals surface area contributed by atoms with Crippen LogP contribution < -0.4 is 5.73 Å². The Balaban J connectivity index is 2.99. The molecule has 0 atom stereocenters. The molecule has 2 N–H and O–H groups in total. The lowest BCUT2D eigenvalue weighted by Gasteiger charge is -2.24. The summed E-state index contributed by atoms with van der Waals surface area (Å²) in [5.74, 6) is 0. The molecule has 1 aromatic heterocycles. The molecule has 0 aliphatic carbocycles. The zero-order valence-corrected chi connectivity index (χ0v) is 8.67. The van der Waals surface area contributed by atoms with Crippen molar-refractivity contribution in [3.8, 4) is 0 Å². The minimum absolute atomic E-state index is 0.0973. The van der Waals surface area contributed by atoms with E-state index in [9.17, 15) is 0 Å². The molecule has 72 valence electrons. The molecule has 2 heteroatoms. The van der Waals surface area contributed by atoms with Crippen molar-refractivity contribution in [3.63, 3.8) is 0 Å². The number of aromatic nitrogens is 1. The molecule has 0 amide bonds. The number of nitrogens with two attached hydrogens (primary N) is 1. The first-order valence-corrected chi connectivity index (χ1v) is 4.70. The second kappa shape index (κ2) is 3.88. The van der Waals surface area contributed by atoms with Crippen LogP contribution in [0.2, 0.25) is 0 Å². The molecule has 2 nitrogen and oxygen atoms in total. The Hall–Kier alpha value is -0.890. The average Bonchev–Trinajstić information content (AvgIpc) is 2.04. The highest BCUT2D eigenvalue weighted by Gasteiger charge is 2.22. The molecular formula is C11H18N2. The van der Waals surface area contributed by atoms with Gasteiger partial charge in [0.15, 0.2) is 0 Å². The zero-order valence-electron chi connectivity index (χ0n) is 8.67. The molecule has 1 aromatic rings. The maximum Gasteiger partial charge on any atom is 0.0489 e. The van der Waals surface area contributed by atoms with Crippen LogP contribution in [0, 0.1) is 6.92 Å². The van der Waals surface area contributed by atoms with E-state index in [0.717, 1.165) is 6.42 Å². The smallest absolute Gasteiger partial charge is 0.0489 e. The normalized spacial score (nSPS) is 11.7. The van der Waals surface area contributed by atoms with E-state index < -0.39 is 0 Å². The van der Waals surface area contributed by atoms with Gasteiger partial charge in [0.2, 0.25) is 0 Å². The lowest BCUT2D eigenvalue weighted by atomic mass is 9.83. The molecule has 1 heterocycles. The molecule has 0 aromatic carbocycles. The summed E-state index contributed by atoms with van der Waals surface area (Å²) in [6, 6.07) is 4.07. The highest BCUT2D eigenvalue weighted by Crippen LogP contribution is 2.26. The SMILES string of the molecule is Cc1cccnc1C(C)(C)CCN. The van der Waals surface area contributed by atoms with Crippen molar-refractivity contribution in [2.75, 3.05) is 6.54 Å². The van der Waals surface area contributed by atoms with E-state index >= 15 is 0 Å². The highest BCUT2D eigenvalue weighted by molar-refractivity contribution is 5.24. The topological polar surface area (TPSA) is 38.9 Å². The van der Waals surface area contributed by atoms with Crippen LogP contribution in [-0.4, -0.2) is 11.5 Å². The quantitative estimate of drug-likeness (QED) is 0.769. The lowest BCUT2D eigenvalue weighted by molar-refractivity contribution is 0.470. The summed E-state index contributed by atoms with van der Waals surface area (Å²) in [7, 11) is 0. The summed E-state index contributed by atoms with van der Waals surface area (Å²) in [6.45, 7) is 7.19. The van der Waals surface area contributed by atoms with Crippen LogP contribution in [0.25, 0.3) is 0 Å². The van der Waals surface area contributed by atoms with Crippen molar-refractivity contribution in [1.29, 1.82) is 0 Å². The molecule has 0 unspecified atom stereocenters. The van der Waals surface area contributed by atoms with Gasteiger partial charge in [0.25, 0.3) is 0 Å². The van der Waals surface area contributed by atoms with E-state index in [1.54, 1.807) is 0 Å². The molecule has 0 aliphatic heterocycles. The maximum absolute atomic E-state index is 5.57. The van der Waals surface area contributed by atoms with Gasteiger partial charge >= 0.3 is 0 Å². The molecule has 0 radical (unpaired) electrons. The molecule has 0 aliphatic rings. The van der Waals surface area contributed by atoms with Gasteiger partial charge in [0, 0.05) is 17.3 Å². The highest BCUT2D eigenvalue weighted by atomic mass is 14.7. The van der Waals surface area contributed by atoms with Crippen LogP contribution in [0.4, 0.5) is 0 Å². The van der Waals surface area contributed by atoms with Crippen LogP contribution in [0.15, 0.2) is 18.3 Å². The van der Waals surface area contributed by atoms with Crippen molar-refractivity contribution < 1.29 is 0 Å². The van der Waals surface area contributed by atoms with Crippen LogP contribution in [0.3, 0.4) is 0 Å². The van der Waals surface area contributed by atoms with Gasteiger partial charge in [0.05, 0.1) is 0 Å².